The highest BCUT2D eigenvalue weighted by Crippen LogP contribution is 2.29. The van der Waals surface area contributed by atoms with Crippen molar-refractivity contribution in [3.05, 3.63) is 29.3 Å². The van der Waals surface area contributed by atoms with Crippen LogP contribution in [0.25, 0.3) is 0 Å². The molecule has 0 bridgehead atoms. The van der Waals surface area contributed by atoms with Crippen LogP contribution >= 0.6 is 0 Å². The first-order valence-corrected chi connectivity index (χ1v) is 6.78. The summed E-state index contributed by atoms with van der Waals surface area (Å²) in [4.78, 5) is 11.8. The SMILES string of the molecule is Cc1cc(NC(=O)CC2CCC2)ccc1C#CCN. The fourth-order valence-corrected chi connectivity index (χ4v) is 2.20. The van der Waals surface area contributed by atoms with Crippen molar-refractivity contribution in [2.24, 2.45) is 11.7 Å². The average molecular weight is 256 g/mol. The Hall–Kier alpha value is -1.79. The number of amides is 1. The smallest absolute Gasteiger partial charge is 0.224 e. The predicted molar refractivity (Wildman–Crippen MR) is 77.7 cm³/mol. The van der Waals surface area contributed by atoms with Crippen LogP contribution in [0.2, 0.25) is 0 Å². The molecule has 0 unspecified atom stereocenters. The first kappa shape index (κ1) is 13.6. The normalized spacial score (nSPS) is 14.2. The van der Waals surface area contributed by atoms with E-state index >= 15 is 0 Å². The molecule has 1 fully saturated rings. The van der Waals surface area contributed by atoms with Crippen LogP contribution in [0, 0.1) is 24.7 Å². The van der Waals surface area contributed by atoms with Gasteiger partial charge < -0.3 is 11.1 Å². The van der Waals surface area contributed by atoms with Crippen molar-refractivity contribution in [3.63, 3.8) is 0 Å². The molecule has 1 amide bonds. The Labute approximate surface area is 114 Å². The summed E-state index contributed by atoms with van der Waals surface area (Å²) in [5, 5.41) is 2.95. The van der Waals surface area contributed by atoms with Gasteiger partial charge in [-0.15, -0.1) is 0 Å². The molecule has 0 spiro atoms. The van der Waals surface area contributed by atoms with Crippen molar-refractivity contribution in [1.82, 2.24) is 0 Å². The number of carbonyl (C=O) groups excluding carboxylic acids is 1. The Morgan fingerprint density at radius 3 is 2.84 bits per heavy atom. The maximum absolute atomic E-state index is 11.8. The molecule has 100 valence electrons. The van der Waals surface area contributed by atoms with E-state index < -0.39 is 0 Å². The lowest BCUT2D eigenvalue weighted by Crippen LogP contribution is -2.20. The van der Waals surface area contributed by atoms with E-state index in [1.807, 2.05) is 25.1 Å². The zero-order valence-corrected chi connectivity index (χ0v) is 11.3. The van der Waals surface area contributed by atoms with Gasteiger partial charge in [-0.3, -0.25) is 4.79 Å². The van der Waals surface area contributed by atoms with Crippen LogP contribution < -0.4 is 11.1 Å². The molecule has 3 N–H and O–H groups in total. The van der Waals surface area contributed by atoms with Gasteiger partial charge in [0.05, 0.1) is 6.54 Å². The second kappa shape index (κ2) is 6.40. The second-order valence-corrected chi connectivity index (χ2v) is 5.08. The minimum absolute atomic E-state index is 0.116. The van der Waals surface area contributed by atoms with E-state index in [2.05, 4.69) is 17.2 Å². The number of rotatable bonds is 3. The van der Waals surface area contributed by atoms with Gasteiger partial charge in [0.1, 0.15) is 0 Å². The molecule has 1 aromatic carbocycles. The van der Waals surface area contributed by atoms with Crippen molar-refractivity contribution in [2.45, 2.75) is 32.6 Å². The third kappa shape index (κ3) is 3.84. The van der Waals surface area contributed by atoms with Crippen molar-refractivity contribution in [1.29, 1.82) is 0 Å². The molecular formula is C16H20N2O. The van der Waals surface area contributed by atoms with Gasteiger partial charge in [0.25, 0.3) is 0 Å². The van der Waals surface area contributed by atoms with Crippen LogP contribution in [-0.4, -0.2) is 12.5 Å². The van der Waals surface area contributed by atoms with Gasteiger partial charge in [0, 0.05) is 17.7 Å². The second-order valence-electron chi connectivity index (χ2n) is 5.08. The molecule has 3 heteroatoms. The first-order valence-electron chi connectivity index (χ1n) is 6.78. The highest BCUT2D eigenvalue weighted by Gasteiger charge is 2.20. The minimum Gasteiger partial charge on any atom is -0.326 e. The number of benzene rings is 1. The molecule has 3 nitrogen and oxygen atoms in total. The van der Waals surface area contributed by atoms with Crippen molar-refractivity contribution in [2.75, 3.05) is 11.9 Å². The van der Waals surface area contributed by atoms with E-state index in [0.717, 1.165) is 16.8 Å². The number of hydrogen-bond donors (Lipinski definition) is 2. The summed E-state index contributed by atoms with van der Waals surface area (Å²) in [6.07, 6.45) is 4.31. The Kier molecular flexibility index (Phi) is 4.59. The zero-order chi connectivity index (χ0) is 13.7. The van der Waals surface area contributed by atoms with Crippen molar-refractivity contribution >= 4 is 11.6 Å². The Morgan fingerprint density at radius 2 is 2.26 bits per heavy atom. The molecule has 2 rings (SSSR count). The maximum Gasteiger partial charge on any atom is 0.224 e. The number of carbonyl (C=O) groups is 1. The van der Waals surface area contributed by atoms with Gasteiger partial charge in [-0.05, 0) is 49.4 Å². The summed E-state index contributed by atoms with van der Waals surface area (Å²) in [6, 6.07) is 5.78. The van der Waals surface area contributed by atoms with E-state index in [9.17, 15) is 4.79 Å². The molecule has 0 atom stereocenters. The van der Waals surface area contributed by atoms with Crippen LogP contribution in [-0.2, 0) is 4.79 Å². The highest BCUT2D eigenvalue weighted by molar-refractivity contribution is 5.91. The number of aryl methyl sites for hydroxylation is 1. The van der Waals surface area contributed by atoms with E-state index in [4.69, 9.17) is 5.73 Å². The maximum atomic E-state index is 11.8. The standard InChI is InChI=1S/C16H20N2O/c1-12-10-15(8-7-14(12)6-3-9-17)18-16(19)11-13-4-2-5-13/h7-8,10,13H,2,4-5,9,11,17H2,1H3,(H,18,19). The molecular weight excluding hydrogens is 236 g/mol. The topological polar surface area (TPSA) is 55.1 Å². The average Bonchev–Trinajstić information content (AvgIpc) is 2.33. The molecule has 0 aliphatic heterocycles. The van der Waals surface area contributed by atoms with Crippen LogP contribution in [0.15, 0.2) is 18.2 Å². The number of nitrogens with two attached hydrogens (primary N) is 1. The summed E-state index contributed by atoms with van der Waals surface area (Å²) >= 11 is 0. The lowest BCUT2D eigenvalue weighted by Gasteiger charge is -2.24. The van der Waals surface area contributed by atoms with Gasteiger partial charge in [-0.25, -0.2) is 0 Å². The van der Waals surface area contributed by atoms with E-state index in [0.29, 0.717) is 18.9 Å². The van der Waals surface area contributed by atoms with Gasteiger partial charge in [0.2, 0.25) is 5.91 Å². The number of hydrogen-bond acceptors (Lipinski definition) is 2. The lowest BCUT2D eigenvalue weighted by atomic mass is 9.83. The molecule has 1 aromatic rings. The fourth-order valence-electron chi connectivity index (χ4n) is 2.20. The molecule has 0 heterocycles. The molecule has 19 heavy (non-hydrogen) atoms. The summed E-state index contributed by atoms with van der Waals surface area (Å²) in [6.45, 7) is 2.35. The Morgan fingerprint density at radius 1 is 1.47 bits per heavy atom. The van der Waals surface area contributed by atoms with Gasteiger partial charge >= 0.3 is 0 Å². The Bertz CT molecular complexity index is 521. The van der Waals surface area contributed by atoms with Gasteiger partial charge in [0.15, 0.2) is 0 Å². The van der Waals surface area contributed by atoms with Crippen LogP contribution in [0.3, 0.4) is 0 Å². The zero-order valence-electron chi connectivity index (χ0n) is 11.3. The van der Waals surface area contributed by atoms with Crippen molar-refractivity contribution < 1.29 is 4.79 Å². The molecule has 0 radical (unpaired) electrons. The molecule has 1 saturated carbocycles. The third-order valence-corrected chi connectivity index (χ3v) is 3.53. The predicted octanol–water partition coefficient (Wildman–Crippen LogP) is 2.43. The minimum atomic E-state index is 0.116. The van der Waals surface area contributed by atoms with Crippen LogP contribution in [0.1, 0.15) is 36.8 Å². The summed E-state index contributed by atoms with van der Waals surface area (Å²) in [5.41, 5.74) is 8.22. The van der Waals surface area contributed by atoms with Crippen molar-refractivity contribution in [3.8, 4) is 11.8 Å². The molecule has 0 aromatic heterocycles. The lowest BCUT2D eigenvalue weighted by molar-refractivity contribution is -0.117. The number of nitrogens with one attached hydrogen (secondary N) is 1. The van der Waals surface area contributed by atoms with E-state index in [1.54, 1.807) is 0 Å². The van der Waals surface area contributed by atoms with Gasteiger partial charge in [-0.2, -0.15) is 0 Å². The fraction of sp³-hybridized carbons (Fsp3) is 0.438. The summed E-state index contributed by atoms with van der Waals surface area (Å²) in [7, 11) is 0. The Balaban J connectivity index is 1.96. The largest absolute Gasteiger partial charge is 0.326 e. The molecule has 0 saturated heterocycles. The van der Waals surface area contributed by atoms with E-state index in [1.165, 1.54) is 19.3 Å². The van der Waals surface area contributed by atoms with Crippen LogP contribution in [0.4, 0.5) is 5.69 Å². The number of anilines is 1. The monoisotopic (exact) mass is 256 g/mol. The summed E-state index contributed by atoms with van der Waals surface area (Å²) in [5.74, 6) is 6.56. The van der Waals surface area contributed by atoms with Gasteiger partial charge in [-0.1, -0.05) is 18.3 Å². The molecule has 1 aliphatic rings. The highest BCUT2D eigenvalue weighted by atomic mass is 16.1. The third-order valence-electron chi connectivity index (χ3n) is 3.53. The first-order chi connectivity index (χ1) is 9.19. The quantitative estimate of drug-likeness (QED) is 0.816. The van der Waals surface area contributed by atoms with E-state index in [-0.39, 0.29) is 5.91 Å². The molecule has 1 aliphatic carbocycles. The summed E-state index contributed by atoms with van der Waals surface area (Å²) < 4.78 is 0. The van der Waals surface area contributed by atoms with Crippen LogP contribution in [0.5, 0.6) is 0 Å².